The summed E-state index contributed by atoms with van der Waals surface area (Å²) in [6.07, 6.45) is 3.26. The maximum atomic E-state index is 13.2. The fourth-order valence-electron chi connectivity index (χ4n) is 3.56. The number of hydrogen-bond donors (Lipinski definition) is 1. The van der Waals surface area contributed by atoms with Crippen molar-refractivity contribution in [3.05, 3.63) is 47.8 Å². The molecule has 1 saturated heterocycles. The zero-order valence-corrected chi connectivity index (χ0v) is 18.6. The van der Waals surface area contributed by atoms with Gasteiger partial charge in [0.15, 0.2) is 0 Å². The molecule has 0 radical (unpaired) electrons. The first-order chi connectivity index (χ1) is 15.5. The van der Waals surface area contributed by atoms with Crippen LogP contribution in [0.5, 0.6) is 11.5 Å². The maximum absolute atomic E-state index is 13.2. The number of pyridine rings is 1. The Balaban J connectivity index is 1.81. The van der Waals surface area contributed by atoms with E-state index < -0.39 is 23.8 Å². The lowest BCUT2D eigenvalue weighted by atomic mass is 9.93. The molecular weight excluding hydrogens is 438 g/mol. The first-order valence-corrected chi connectivity index (χ1v) is 10.2. The summed E-state index contributed by atoms with van der Waals surface area (Å²) in [4.78, 5) is 17.1. The van der Waals surface area contributed by atoms with Crippen LogP contribution in [-0.4, -0.2) is 53.0 Å². The van der Waals surface area contributed by atoms with Crippen molar-refractivity contribution in [1.82, 2.24) is 9.38 Å². The molecule has 4 rings (SSSR count). The molecule has 176 valence electrons. The summed E-state index contributed by atoms with van der Waals surface area (Å²) in [6.45, 7) is 2.24. The van der Waals surface area contributed by atoms with E-state index in [1.165, 1.54) is 19.2 Å². The molecule has 1 aromatic carbocycles. The van der Waals surface area contributed by atoms with Crippen LogP contribution in [0, 0.1) is 0 Å². The number of aromatic nitrogens is 2. The van der Waals surface area contributed by atoms with Crippen LogP contribution >= 0.6 is 0 Å². The van der Waals surface area contributed by atoms with Gasteiger partial charge in [-0.25, -0.2) is 9.78 Å². The van der Waals surface area contributed by atoms with E-state index in [-0.39, 0.29) is 30.3 Å². The lowest BCUT2D eigenvalue weighted by Gasteiger charge is -2.36. The number of methoxy groups -OCH3 is 1. The summed E-state index contributed by atoms with van der Waals surface area (Å²) in [5, 5.41) is 10.5. The molecule has 33 heavy (non-hydrogen) atoms. The Labute approximate surface area is 188 Å². The SMILES string of the molecule is COc1cc(-c2cnc3cc(C4(O)COC4)ccn23)cc(OC(F)F)c1C(=O)OC(C)(C)C. The van der Waals surface area contributed by atoms with E-state index >= 15 is 0 Å². The zero-order chi connectivity index (χ0) is 24.0. The maximum Gasteiger partial charge on any atom is 0.387 e. The van der Waals surface area contributed by atoms with Gasteiger partial charge >= 0.3 is 12.6 Å². The van der Waals surface area contributed by atoms with Gasteiger partial charge in [0.2, 0.25) is 0 Å². The van der Waals surface area contributed by atoms with Crippen molar-refractivity contribution in [3.63, 3.8) is 0 Å². The Kier molecular flexibility index (Phi) is 5.75. The van der Waals surface area contributed by atoms with E-state index in [9.17, 15) is 18.7 Å². The highest BCUT2D eigenvalue weighted by molar-refractivity contribution is 5.97. The number of esters is 1. The molecule has 0 amide bonds. The van der Waals surface area contributed by atoms with Gasteiger partial charge < -0.3 is 24.1 Å². The average molecular weight is 462 g/mol. The number of aliphatic hydroxyl groups is 1. The molecular formula is C23H24F2N2O6. The molecule has 3 aromatic rings. The fourth-order valence-corrected chi connectivity index (χ4v) is 3.56. The molecule has 2 aromatic heterocycles. The van der Waals surface area contributed by atoms with Crippen LogP contribution in [0.2, 0.25) is 0 Å². The van der Waals surface area contributed by atoms with Crippen LogP contribution in [0.3, 0.4) is 0 Å². The van der Waals surface area contributed by atoms with Crippen LogP contribution in [0.4, 0.5) is 8.78 Å². The predicted octanol–water partition coefficient (Wildman–Crippen LogP) is 3.78. The summed E-state index contributed by atoms with van der Waals surface area (Å²) in [5.41, 5.74) is 0.0387. The van der Waals surface area contributed by atoms with Crippen LogP contribution in [0.1, 0.15) is 36.7 Å². The molecule has 1 fully saturated rings. The first-order valence-electron chi connectivity index (χ1n) is 10.2. The zero-order valence-electron chi connectivity index (χ0n) is 18.6. The topological polar surface area (TPSA) is 91.5 Å². The van der Waals surface area contributed by atoms with Crippen molar-refractivity contribution < 1.29 is 37.6 Å². The van der Waals surface area contributed by atoms with Crippen molar-refractivity contribution >= 4 is 11.6 Å². The molecule has 8 nitrogen and oxygen atoms in total. The molecule has 1 N–H and O–H groups in total. The number of benzene rings is 1. The summed E-state index contributed by atoms with van der Waals surface area (Å²) in [7, 11) is 1.32. The highest BCUT2D eigenvalue weighted by Crippen LogP contribution is 2.38. The summed E-state index contributed by atoms with van der Waals surface area (Å²) >= 11 is 0. The van der Waals surface area contributed by atoms with Gasteiger partial charge in [-0.1, -0.05) is 0 Å². The molecule has 0 atom stereocenters. The standard InChI is InChI=1S/C23H24F2N2O6/c1-22(2,3)33-20(28)19-16(30-4)7-13(8-17(19)32-21(24)25)15-10-26-18-9-14(5-6-27(15)18)23(29)11-31-12-23/h5-10,21,29H,11-12H2,1-4H3. The number of fused-ring (bicyclic) bond motifs is 1. The minimum atomic E-state index is -3.17. The number of halogens is 2. The lowest BCUT2D eigenvalue weighted by molar-refractivity contribution is -0.184. The first kappa shape index (κ1) is 22.9. The summed E-state index contributed by atoms with van der Waals surface area (Å²) < 4.78 is 48.6. The number of rotatable bonds is 6. The number of nitrogens with zero attached hydrogens (tertiary/aromatic N) is 2. The minimum absolute atomic E-state index is 0.0184. The number of alkyl halides is 2. The second-order valence-corrected chi connectivity index (χ2v) is 8.74. The molecule has 1 aliphatic heterocycles. The van der Waals surface area contributed by atoms with Crippen molar-refractivity contribution in [2.24, 2.45) is 0 Å². The van der Waals surface area contributed by atoms with Gasteiger partial charge in [0.05, 0.1) is 32.2 Å². The highest BCUT2D eigenvalue weighted by atomic mass is 19.3. The Morgan fingerprint density at radius 3 is 2.52 bits per heavy atom. The molecule has 1 aliphatic rings. The van der Waals surface area contributed by atoms with Gasteiger partial charge in [-0.05, 0) is 50.6 Å². The number of hydrogen-bond acceptors (Lipinski definition) is 7. The smallest absolute Gasteiger partial charge is 0.387 e. The van der Waals surface area contributed by atoms with E-state index in [0.29, 0.717) is 22.5 Å². The Morgan fingerprint density at radius 1 is 1.24 bits per heavy atom. The van der Waals surface area contributed by atoms with Crippen molar-refractivity contribution in [3.8, 4) is 22.8 Å². The molecule has 0 unspecified atom stereocenters. The molecule has 10 heteroatoms. The molecule has 0 bridgehead atoms. The average Bonchev–Trinajstić information content (AvgIpc) is 3.12. The van der Waals surface area contributed by atoms with Crippen LogP contribution < -0.4 is 9.47 Å². The number of carbonyl (C=O) groups is 1. The van der Waals surface area contributed by atoms with Gasteiger partial charge in [0.25, 0.3) is 0 Å². The van der Waals surface area contributed by atoms with Crippen LogP contribution in [-0.2, 0) is 15.1 Å². The number of imidazole rings is 1. The van der Waals surface area contributed by atoms with E-state index in [4.69, 9.17) is 14.2 Å². The third-order valence-corrected chi connectivity index (χ3v) is 5.13. The molecule has 3 heterocycles. The van der Waals surface area contributed by atoms with Crippen LogP contribution in [0.25, 0.3) is 16.9 Å². The van der Waals surface area contributed by atoms with Gasteiger partial charge in [0, 0.05) is 11.8 Å². The summed E-state index contributed by atoms with van der Waals surface area (Å²) in [6, 6.07) is 6.32. The number of ether oxygens (including phenoxy) is 4. The third kappa shape index (κ3) is 4.49. The van der Waals surface area contributed by atoms with E-state index in [0.717, 1.165) is 0 Å². The molecule has 0 aliphatic carbocycles. The third-order valence-electron chi connectivity index (χ3n) is 5.13. The predicted molar refractivity (Wildman–Crippen MR) is 114 cm³/mol. The van der Waals surface area contributed by atoms with Crippen LogP contribution in [0.15, 0.2) is 36.7 Å². The van der Waals surface area contributed by atoms with E-state index in [1.807, 2.05) is 0 Å². The second kappa shape index (κ2) is 8.27. The Morgan fingerprint density at radius 2 is 1.94 bits per heavy atom. The van der Waals surface area contributed by atoms with Crippen molar-refractivity contribution in [1.29, 1.82) is 0 Å². The number of carbonyl (C=O) groups excluding carboxylic acids is 1. The quantitative estimate of drug-likeness (QED) is 0.558. The molecule has 0 spiro atoms. The highest BCUT2D eigenvalue weighted by Gasteiger charge is 2.38. The minimum Gasteiger partial charge on any atom is -0.496 e. The largest absolute Gasteiger partial charge is 0.496 e. The van der Waals surface area contributed by atoms with Gasteiger partial charge in [-0.3, -0.25) is 4.40 Å². The summed E-state index contributed by atoms with van der Waals surface area (Å²) in [5.74, 6) is -1.20. The Bertz CT molecular complexity index is 1200. The second-order valence-electron chi connectivity index (χ2n) is 8.74. The molecule has 0 saturated carbocycles. The van der Waals surface area contributed by atoms with Gasteiger partial charge in [0.1, 0.15) is 33.9 Å². The van der Waals surface area contributed by atoms with Gasteiger partial charge in [-0.15, -0.1) is 0 Å². The fraction of sp³-hybridized carbons (Fsp3) is 0.391. The normalized spacial score (nSPS) is 15.4. The lowest BCUT2D eigenvalue weighted by Crippen LogP contribution is -2.46. The van der Waals surface area contributed by atoms with Gasteiger partial charge in [-0.2, -0.15) is 8.78 Å². The van der Waals surface area contributed by atoms with E-state index in [2.05, 4.69) is 9.72 Å². The van der Waals surface area contributed by atoms with Crippen molar-refractivity contribution in [2.75, 3.05) is 20.3 Å². The van der Waals surface area contributed by atoms with E-state index in [1.54, 1.807) is 49.7 Å². The Hall–Kier alpha value is -3.24. The monoisotopic (exact) mass is 462 g/mol. The van der Waals surface area contributed by atoms with Crippen molar-refractivity contribution in [2.45, 2.75) is 38.6 Å².